The standard InChI is InChI=1S/C9H18N2/c1-3-8(2)9(10)11-6-4-5-7-11/h8,10H,3-7H2,1-2H3. The molecule has 0 aliphatic carbocycles. The summed E-state index contributed by atoms with van der Waals surface area (Å²) in [5.74, 6) is 1.30. The van der Waals surface area contributed by atoms with Gasteiger partial charge in [-0.3, -0.25) is 5.41 Å². The van der Waals surface area contributed by atoms with Crippen LogP contribution in [-0.4, -0.2) is 23.8 Å². The molecule has 1 heterocycles. The smallest absolute Gasteiger partial charge is 0.0986 e. The highest BCUT2D eigenvalue weighted by atomic mass is 15.2. The zero-order valence-electron chi connectivity index (χ0n) is 7.56. The third-order valence-corrected chi connectivity index (χ3v) is 2.53. The lowest BCUT2D eigenvalue weighted by Crippen LogP contribution is -2.31. The summed E-state index contributed by atoms with van der Waals surface area (Å²) in [7, 11) is 0. The van der Waals surface area contributed by atoms with Gasteiger partial charge in [0.05, 0.1) is 5.84 Å². The van der Waals surface area contributed by atoms with Gasteiger partial charge >= 0.3 is 0 Å². The summed E-state index contributed by atoms with van der Waals surface area (Å²) >= 11 is 0. The fourth-order valence-corrected chi connectivity index (χ4v) is 1.46. The zero-order valence-corrected chi connectivity index (χ0v) is 7.56. The summed E-state index contributed by atoms with van der Waals surface area (Å²) in [6.45, 7) is 6.52. The number of hydrogen-bond acceptors (Lipinski definition) is 1. The van der Waals surface area contributed by atoms with Gasteiger partial charge in [0.15, 0.2) is 0 Å². The molecule has 64 valence electrons. The monoisotopic (exact) mass is 154 g/mol. The molecule has 0 radical (unpaired) electrons. The molecule has 11 heavy (non-hydrogen) atoms. The first-order valence-electron chi connectivity index (χ1n) is 4.59. The zero-order chi connectivity index (χ0) is 8.27. The van der Waals surface area contributed by atoms with Crippen LogP contribution >= 0.6 is 0 Å². The number of nitrogens with one attached hydrogen (secondary N) is 1. The molecule has 1 unspecified atom stereocenters. The molecule has 0 aromatic carbocycles. The van der Waals surface area contributed by atoms with Gasteiger partial charge in [-0.25, -0.2) is 0 Å². The lowest BCUT2D eigenvalue weighted by molar-refractivity contribution is 0.473. The fourth-order valence-electron chi connectivity index (χ4n) is 1.46. The van der Waals surface area contributed by atoms with Gasteiger partial charge in [0.25, 0.3) is 0 Å². The van der Waals surface area contributed by atoms with Crippen LogP contribution in [0.4, 0.5) is 0 Å². The van der Waals surface area contributed by atoms with Gasteiger partial charge in [-0.1, -0.05) is 13.8 Å². The van der Waals surface area contributed by atoms with Gasteiger partial charge in [0, 0.05) is 19.0 Å². The van der Waals surface area contributed by atoms with Crippen molar-refractivity contribution < 1.29 is 0 Å². The van der Waals surface area contributed by atoms with Crippen LogP contribution in [0.15, 0.2) is 0 Å². The normalized spacial score (nSPS) is 20.4. The first-order valence-corrected chi connectivity index (χ1v) is 4.59. The summed E-state index contributed by atoms with van der Waals surface area (Å²) in [5, 5.41) is 7.82. The van der Waals surface area contributed by atoms with Crippen LogP contribution in [0.5, 0.6) is 0 Å². The molecule has 0 amide bonds. The maximum Gasteiger partial charge on any atom is 0.0986 e. The lowest BCUT2D eigenvalue weighted by atomic mass is 10.1. The van der Waals surface area contributed by atoms with Crippen molar-refractivity contribution in [1.82, 2.24) is 4.90 Å². The largest absolute Gasteiger partial charge is 0.360 e. The lowest BCUT2D eigenvalue weighted by Gasteiger charge is -2.22. The molecular weight excluding hydrogens is 136 g/mol. The second-order valence-corrected chi connectivity index (χ2v) is 3.39. The van der Waals surface area contributed by atoms with E-state index >= 15 is 0 Å². The number of amidine groups is 1. The summed E-state index contributed by atoms with van der Waals surface area (Å²) in [6, 6.07) is 0. The number of likely N-dealkylation sites (tertiary alicyclic amines) is 1. The minimum Gasteiger partial charge on any atom is -0.360 e. The average molecular weight is 154 g/mol. The Labute approximate surface area is 69.1 Å². The molecule has 1 aliphatic heterocycles. The Morgan fingerprint density at radius 3 is 2.45 bits per heavy atom. The highest BCUT2D eigenvalue weighted by Gasteiger charge is 2.17. The molecule has 0 spiro atoms. The quantitative estimate of drug-likeness (QED) is 0.478. The summed E-state index contributed by atoms with van der Waals surface area (Å²) < 4.78 is 0. The van der Waals surface area contributed by atoms with E-state index in [2.05, 4.69) is 18.7 Å². The van der Waals surface area contributed by atoms with Crippen LogP contribution in [0.1, 0.15) is 33.1 Å². The van der Waals surface area contributed by atoms with Crippen molar-refractivity contribution in [2.75, 3.05) is 13.1 Å². The van der Waals surface area contributed by atoms with E-state index in [1.165, 1.54) is 12.8 Å². The number of hydrogen-bond donors (Lipinski definition) is 1. The van der Waals surface area contributed by atoms with E-state index in [9.17, 15) is 0 Å². The number of rotatable bonds is 2. The van der Waals surface area contributed by atoms with E-state index in [1.807, 2.05) is 0 Å². The molecule has 1 saturated heterocycles. The Bertz CT molecular complexity index is 136. The van der Waals surface area contributed by atoms with Crippen molar-refractivity contribution in [3.8, 4) is 0 Å². The van der Waals surface area contributed by atoms with Crippen LogP contribution in [0, 0.1) is 11.3 Å². The first kappa shape index (κ1) is 8.57. The maximum absolute atomic E-state index is 7.82. The Hall–Kier alpha value is -0.530. The van der Waals surface area contributed by atoms with Crippen molar-refractivity contribution >= 4 is 5.84 Å². The average Bonchev–Trinajstić information content (AvgIpc) is 2.53. The molecule has 1 fully saturated rings. The van der Waals surface area contributed by atoms with E-state index < -0.39 is 0 Å². The maximum atomic E-state index is 7.82. The minimum absolute atomic E-state index is 0.452. The molecular formula is C9H18N2. The van der Waals surface area contributed by atoms with Crippen molar-refractivity contribution in [1.29, 1.82) is 5.41 Å². The predicted molar refractivity (Wildman–Crippen MR) is 48.0 cm³/mol. The van der Waals surface area contributed by atoms with Gasteiger partial charge in [-0.15, -0.1) is 0 Å². The summed E-state index contributed by atoms with van der Waals surface area (Å²) in [5.41, 5.74) is 0. The van der Waals surface area contributed by atoms with E-state index in [-0.39, 0.29) is 0 Å². The second-order valence-electron chi connectivity index (χ2n) is 3.39. The van der Waals surface area contributed by atoms with Crippen molar-refractivity contribution in [2.24, 2.45) is 5.92 Å². The third-order valence-electron chi connectivity index (χ3n) is 2.53. The Morgan fingerprint density at radius 1 is 1.45 bits per heavy atom. The molecule has 0 saturated carbocycles. The van der Waals surface area contributed by atoms with E-state index in [0.29, 0.717) is 5.92 Å². The highest BCUT2D eigenvalue weighted by Crippen LogP contribution is 2.13. The van der Waals surface area contributed by atoms with Crippen molar-refractivity contribution in [3.63, 3.8) is 0 Å². The highest BCUT2D eigenvalue weighted by molar-refractivity contribution is 5.81. The van der Waals surface area contributed by atoms with Crippen molar-refractivity contribution in [3.05, 3.63) is 0 Å². The predicted octanol–water partition coefficient (Wildman–Crippen LogP) is 2.11. The van der Waals surface area contributed by atoms with Crippen LogP contribution in [0.2, 0.25) is 0 Å². The molecule has 0 aromatic heterocycles. The molecule has 2 nitrogen and oxygen atoms in total. The van der Waals surface area contributed by atoms with Gasteiger partial charge in [-0.2, -0.15) is 0 Å². The van der Waals surface area contributed by atoms with E-state index in [1.54, 1.807) is 0 Å². The van der Waals surface area contributed by atoms with Crippen LogP contribution in [-0.2, 0) is 0 Å². The molecule has 1 rings (SSSR count). The number of nitrogens with zero attached hydrogens (tertiary/aromatic N) is 1. The van der Waals surface area contributed by atoms with Gasteiger partial charge in [0.2, 0.25) is 0 Å². The Kier molecular flexibility index (Phi) is 2.92. The minimum atomic E-state index is 0.452. The Morgan fingerprint density at radius 2 is 2.00 bits per heavy atom. The molecule has 1 N–H and O–H groups in total. The topological polar surface area (TPSA) is 27.1 Å². The van der Waals surface area contributed by atoms with E-state index in [4.69, 9.17) is 5.41 Å². The van der Waals surface area contributed by atoms with Crippen molar-refractivity contribution in [2.45, 2.75) is 33.1 Å². The van der Waals surface area contributed by atoms with Gasteiger partial charge in [-0.05, 0) is 19.3 Å². The molecule has 0 aromatic rings. The fraction of sp³-hybridized carbons (Fsp3) is 0.889. The van der Waals surface area contributed by atoms with Crippen LogP contribution in [0.3, 0.4) is 0 Å². The summed E-state index contributed by atoms with van der Waals surface area (Å²) in [4.78, 5) is 2.22. The van der Waals surface area contributed by atoms with E-state index in [0.717, 1.165) is 25.3 Å². The molecule has 1 atom stereocenters. The first-order chi connectivity index (χ1) is 5.25. The summed E-state index contributed by atoms with van der Waals surface area (Å²) in [6.07, 6.45) is 3.65. The van der Waals surface area contributed by atoms with Gasteiger partial charge < -0.3 is 4.90 Å². The molecule has 2 heteroatoms. The third kappa shape index (κ3) is 1.95. The Balaban J connectivity index is 2.39. The molecule has 0 bridgehead atoms. The second kappa shape index (κ2) is 3.74. The van der Waals surface area contributed by atoms with Crippen LogP contribution in [0.25, 0.3) is 0 Å². The SMILES string of the molecule is CCC(C)C(=N)N1CCCC1. The molecule has 1 aliphatic rings. The van der Waals surface area contributed by atoms with Gasteiger partial charge in [0.1, 0.15) is 0 Å². The van der Waals surface area contributed by atoms with Crippen LogP contribution < -0.4 is 0 Å².